The SMILES string of the molecule is Cc1ccc(N)cc1NC(=O)CN1CCCCC1CCO. The number of aryl methyl sites for hydroxylation is 1. The van der Waals surface area contributed by atoms with E-state index in [9.17, 15) is 4.79 Å². The van der Waals surface area contributed by atoms with Crippen LogP contribution in [0, 0.1) is 6.92 Å². The number of amides is 1. The van der Waals surface area contributed by atoms with Crippen LogP contribution in [0.1, 0.15) is 31.2 Å². The number of aliphatic hydroxyl groups is 1. The van der Waals surface area contributed by atoms with Gasteiger partial charge in [0.1, 0.15) is 0 Å². The lowest BCUT2D eigenvalue weighted by Crippen LogP contribution is -2.44. The summed E-state index contributed by atoms with van der Waals surface area (Å²) in [5, 5.41) is 12.1. The van der Waals surface area contributed by atoms with E-state index >= 15 is 0 Å². The number of aliphatic hydroxyl groups excluding tert-OH is 1. The third-order valence-electron chi connectivity index (χ3n) is 4.09. The third-order valence-corrected chi connectivity index (χ3v) is 4.09. The maximum Gasteiger partial charge on any atom is 0.238 e. The molecule has 116 valence electrons. The van der Waals surface area contributed by atoms with Gasteiger partial charge in [-0.25, -0.2) is 0 Å². The van der Waals surface area contributed by atoms with Crippen molar-refractivity contribution in [1.82, 2.24) is 4.90 Å². The van der Waals surface area contributed by atoms with Crippen molar-refractivity contribution in [2.45, 2.75) is 38.6 Å². The number of hydrogen-bond acceptors (Lipinski definition) is 4. The van der Waals surface area contributed by atoms with Crippen LogP contribution in [0.25, 0.3) is 0 Å². The molecule has 0 bridgehead atoms. The van der Waals surface area contributed by atoms with Gasteiger partial charge in [-0.05, 0) is 50.4 Å². The van der Waals surface area contributed by atoms with Crippen LogP contribution in [-0.2, 0) is 4.79 Å². The number of carbonyl (C=O) groups excluding carboxylic acids is 1. The van der Waals surface area contributed by atoms with E-state index in [0.717, 1.165) is 37.1 Å². The lowest BCUT2D eigenvalue weighted by molar-refractivity contribution is -0.118. The molecule has 1 heterocycles. The van der Waals surface area contributed by atoms with Gasteiger partial charge in [-0.2, -0.15) is 0 Å². The minimum absolute atomic E-state index is 0.0199. The average molecular weight is 291 g/mol. The van der Waals surface area contributed by atoms with E-state index in [1.165, 1.54) is 6.42 Å². The van der Waals surface area contributed by atoms with Gasteiger partial charge in [0, 0.05) is 24.0 Å². The van der Waals surface area contributed by atoms with Crippen LogP contribution in [0.3, 0.4) is 0 Å². The summed E-state index contributed by atoms with van der Waals surface area (Å²) in [6, 6.07) is 5.83. The van der Waals surface area contributed by atoms with Crippen molar-refractivity contribution in [2.75, 3.05) is 30.7 Å². The first-order chi connectivity index (χ1) is 10.1. The Morgan fingerprint density at radius 2 is 2.29 bits per heavy atom. The van der Waals surface area contributed by atoms with Gasteiger partial charge in [-0.3, -0.25) is 9.69 Å². The van der Waals surface area contributed by atoms with Crippen molar-refractivity contribution in [3.05, 3.63) is 23.8 Å². The Morgan fingerprint density at radius 1 is 1.48 bits per heavy atom. The number of nitrogens with two attached hydrogens (primary N) is 1. The second-order valence-corrected chi connectivity index (χ2v) is 5.75. The second kappa shape index (κ2) is 7.43. The molecule has 0 aliphatic carbocycles. The molecular weight excluding hydrogens is 266 g/mol. The molecule has 1 aliphatic rings. The van der Waals surface area contributed by atoms with Crippen molar-refractivity contribution >= 4 is 17.3 Å². The number of piperidine rings is 1. The van der Waals surface area contributed by atoms with Crippen molar-refractivity contribution in [1.29, 1.82) is 0 Å². The summed E-state index contributed by atoms with van der Waals surface area (Å²) in [6.07, 6.45) is 4.10. The summed E-state index contributed by atoms with van der Waals surface area (Å²) in [5.74, 6) is -0.0199. The number of carbonyl (C=O) groups is 1. The van der Waals surface area contributed by atoms with Gasteiger partial charge >= 0.3 is 0 Å². The van der Waals surface area contributed by atoms with Gasteiger partial charge in [-0.15, -0.1) is 0 Å². The standard InChI is InChI=1S/C16H25N3O2/c1-12-5-6-13(17)10-15(12)18-16(21)11-19-8-3-2-4-14(19)7-9-20/h5-6,10,14,20H,2-4,7-9,11,17H2,1H3,(H,18,21). The molecule has 4 N–H and O–H groups in total. The highest BCUT2D eigenvalue weighted by molar-refractivity contribution is 5.93. The van der Waals surface area contributed by atoms with Crippen LogP contribution in [0.2, 0.25) is 0 Å². The predicted octanol–water partition coefficient (Wildman–Crippen LogP) is 1.75. The summed E-state index contributed by atoms with van der Waals surface area (Å²) in [4.78, 5) is 14.4. The zero-order valence-corrected chi connectivity index (χ0v) is 12.6. The first-order valence-corrected chi connectivity index (χ1v) is 7.61. The van der Waals surface area contributed by atoms with E-state index in [2.05, 4.69) is 10.2 Å². The monoisotopic (exact) mass is 291 g/mol. The minimum Gasteiger partial charge on any atom is -0.399 e. The van der Waals surface area contributed by atoms with Crippen LogP contribution in [0.4, 0.5) is 11.4 Å². The molecule has 21 heavy (non-hydrogen) atoms. The lowest BCUT2D eigenvalue weighted by Gasteiger charge is -2.34. The molecule has 1 saturated heterocycles. The Bertz CT molecular complexity index is 488. The summed E-state index contributed by atoms with van der Waals surface area (Å²) >= 11 is 0. The molecule has 5 heteroatoms. The number of nitrogens with one attached hydrogen (secondary N) is 1. The van der Waals surface area contributed by atoms with E-state index in [0.29, 0.717) is 18.3 Å². The molecule has 1 unspecified atom stereocenters. The summed E-state index contributed by atoms with van der Waals surface area (Å²) < 4.78 is 0. The number of hydrogen-bond donors (Lipinski definition) is 3. The molecular formula is C16H25N3O2. The van der Waals surface area contributed by atoms with Crippen LogP contribution in [0.15, 0.2) is 18.2 Å². The molecule has 0 saturated carbocycles. The molecule has 1 aromatic carbocycles. The third kappa shape index (κ3) is 4.44. The number of likely N-dealkylation sites (tertiary alicyclic amines) is 1. The van der Waals surface area contributed by atoms with E-state index in [1.807, 2.05) is 19.1 Å². The minimum atomic E-state index is -0.0199. The van der Waals surface area contributed by atoms with Crippen molar-refractivity contribution < 1.29 is 9.90 Å². The first kappa shape index (κ1) is 15.8. The molecule has 2 rings (SSSR count). The van der Waals surface area contributed by atoms with Crippen molar-refractivity contribution in [2.24, 2.45) is 0 Å². The van der Waals surface area contributed by atoms with Crippen molar-refractivity contribution in [3.63, 3.8) is 0 Å². The van der Waals surface area contributed by atoms with E-state index < -0.39 is 0 Å². The molecule has 1 aliphatic heterocycles. The summed E-state index contributed by atoms with van der Waals surface area (Å²) in [6.45, 7) is 3.43. The van der Waals surface area contributed by atoms with Gasteiger partial charge < -0.3 is 16.2 Å². The normalized spacial score (nSPS) is 19.4. The Kier molecular flexibility index (Phi) is 5.59. The Balaban J connectivity index is 1.95. The molecule has 1 fully saturated rings. The molecule has 1 amide bonds. The highest BCUT2D eigenvalue weighted by Crippen LogP contribution is 2.21. The number of nitrogens with zero attached hydrogens (tertiary/aromatic N) is 1. The second-order valence-electron chi connectivity index (χ2n) is 5.75. The number of nitrogen functional groups attached to an aromatic ring is 1. The van der Waals surface area contributed by atoms with Gasteiger partial charge in [-0.1, -0.05) is 12.5 Å². The molecule has 0 spiro atoms. The zero-order valence-electron chi connectivity index (χ0n) is 12.6. The quantitative estimate of drug-likeness (QED) is 0.722. The Hall–Kier alpha value is -1.59. The predicted molar refractivity (Wildman–Crippen MR) is 85.1 cm³/mol. The Morgan fingerprint density at radius 3 is 3.05 bits per heavy atom. The highest BCUT2D eigenvalue weighted by atomic mass is 16.3. The summed E-state index contributed by atoms with van der Waals surface area (Å²) in [7, 11) is 0. The molecule has 0 aromatic heterocycles. The van der Waals surface area contributed by atoms with E-state index in [4.69, 9.17) is 10.8 Å². The van der Waals surface area contributed by atoms with Crippen molar-refractivity contribution in [3.8, 4) is 0 Å². The number of rotatable bonds is 5. The van der Waals surface area contributed by atoms with Crippen LogP contribution in [0.5, 0.6) is 0 Å². The molecule has 1 aromatic rings. The average Bonchev–Trinajstić information content (AvgIpc) is 2.45. The highest BCUT2D eigenvalue weighted by Gasteiger charge is 2.23. The van der Waals surface area contributed by atoms with E-state index in [-0.39, 0.29) is 12.5 Å². The van der Waals surface area contributed by atoms with Crippen LogP contribution in [-0.4, -0.2) is 41.7 Å². The molecule has 1 atom stereocenters. The fourth-order valence-electron chi connectivity index (χ4n) is 2.89. The number of anilines is 2. The maximum absolute atomic E-state index is 12.2. The van der Waals surface area contributed by atoms with Gasteiger partial charge in [0.25, 0.3) is 0 Å². The fraction of sp³-hybridized carbons (Fsp3) is 0.562. The van der Waals surface area contributed by atoms with Gasteiger partial charge in [0.05, 0.1) is 6.54 Å². The smallest absolute Gasteiger partial charge is 0.238 e. The zero-order chi connectivity index (χ0) is 15.2. The maximum atomic E-state index is 12.2. The van der Waals surface area contributed by atoms with Crippen LogP contribution < -0.4 is 11.1 Å². The Labute approximate surface area is 126 Å². The van der Waals surface area contributed by atoms with E-state index in [1.54, 1.807) is 6.07 Å². The molecule has 5 nitrogen and oxygen atoms in total. The summed E-state index contributed by atoms with van der Waals surface area (Å²) in [5.41, 5.74) is 8.18. The fourth-order valence-corrected chi connectivity index (χ4v) is 2.89. The van der Waals surface area contributed by atoms with Gasteiger partial charge in [0.2, 0.25) is 5.91 Å². The van der Waals surface area contributed by atoms with Gasteiger partial charge in [0.15, 0.2) is 0 Å². The first-order valence-electron chi connectivity index (χ1n) is 7.61. The number of benzene rings is 1. The largest absolute Gasteiger partial charge is 0.399 e. The molecule has 0 radical (unpaired) electrons. The van der Waals surface area contributed by atoms with Crippen LogP contribution >= 0.6 is 0 Å². The topological polar surface area (TPSA) is 78.6 Å². The lowest BCUT2D eigenvalue weighted by atomic mass is 9.99.